The molecule has 0 aromatic heterocycles. The predicted molar refractivity (Wildman–Crippen MR) is 114 cm³/mol. The van der Waals surface area contributed by atoms with Crippen LogP contribution in [0, 0.1) is 0 Å². The number of benzene rings is 1. The van der Waals surface area contributed by atoms with Crippen LogP contribution in [0.5, 0.6) is 0 Å². The lowest BCUT2D eigenvalue weighted by molar-refractivity contribution is -0.138. The fourth-order valence-corrected chi connectivity index (χ4v) is 4.08. The molecule has 2 atom stereocenters. The number of rotatable bonds is 5. The third kappa shape index (κ3) is 5.46. The number of fused-ring (bicyclic) bond motifs is 1. The van der Waals surface area contributed by atoms with Crippen LogP contribution in [0.3, 0.4) is 0 Å². The van der Waals surface area contributed by atoms with E-state index in [2.05, 4.69) is 10.2 Å². The van der Waals surface area contributed by atoms with Crippen molar-refractivity contribution in [2.75, 3.05) is 43.4 Å². The zero-order valence-corrected chi connectivity index (χ0v) is 17.7. The quantitative estimate of drug-likeness (QED) is 0.746. The molecule has 0 aliphatic carbocycles. The molecule has 0 saturated carbocycles. The average molecular weight is 425 g/mol. The van der Waals surface area contributed by atoms with Crippen LogP contribution in [0.4, 0.5) is 11.4 Å². The largest absolute Gasteiger partial charge is 0.480 e. The molecular weight excluding hydrogens is 396 g/mol. The molecule has 2 N–H and O–H groups in total. The Morgan fingerprint density at radius 2 is 2.00 bits per heavy atom. The van der Waals surface area contributed by atoms with E-state index in [-0.39, 0.29) is 49.4 Å². The van der Waals surface area contributed by atoms with E-state index in [9.17, 15) is 14.4 Å². The first-order valence-corrected chi connectivity index (χ1v) is 9.73. The molecule has 2 aliphatic rings. The molecule has 3 rings (SSSR count). The zero-order chi connectivity index (χ0) is 20.3. The van der Waals surface area contributed by atoms with E-state index in [0.29, 0.717) is 5.69 Å². The SMILES string of the molecule is CC(C(=O)N1CC(=O)Nc2ccccc21)N1CCCC(N(C)CC(=O)O)CC1.Cl. The summed E-state index contributed by atoms with van der Waals surface area (Å²) < 4.78 is 0. The van der Waals surface area contributed by atoms with Crippen molar-refractivity contribution in [3.8, 4) is 0 Å². The van der Waals surface area contributed by atoms with Gasteiger partial charge in [-0.05, 0) is 51.9 Å². The summed E-state index contributed by atoms with van der Waals surface area (Å²) in [7, 11) is 1.84. The average Bonchev–Trinajstić information content (AvgIpc) is 2.92. The molecule has 1 saturated heterocycles. The highest BCUT2D eigenvalue weighted by molar-refractivity contribution is 6.11. The van der Waals surface area contributed by atoms with Crippen molar-refractivity contribution in [3.63, 3.8) is 0 Å². The second kappa shape index (κ2) is 10.0. The maximum atomic E-state index is 13.2. The number of carbonyl (C=O) groups excluding carboxylic acids is 2. The highest BCUT2D eigenvalue weighted by Gasteiger charge is 2.33. The Labute approximate surface area is 177 Å². The minimum Gasteiger partial charge on any atom is -0.480 e. The standard InChI is InChI=1S/C20H28N4O4.ClH/c1-14(23-10-5-6-15(9-11-23)22(2)13-19(26)27)20(28)24-12-18(25)21-16-7-3-4-8-17(16)24;/h3-4,7-8,14-15H,5-6,9-13H2,1-2H3,(H,21,25)(H,26,27);1H. The molecule has 1 fully saturated rings. The molecule has 1 aromatic carbocycles. The van der Waals surface area contributed by atoms with Gasteiger partial charge in [-0.2, -0.15) is 0 Å². The van der Waals surface area contributed by atoms with Crippen molar-refractivity contribution in [3.05, 3.63) is 24.3 Å². The molecule has 2 aliphatic heterocycles. The van der Waals surface area contributed by atoms with Gasteiger partial charge in [-0.3, -0.25) is 29.1 Å². The van der Waals surface area contributed by atoms with Crippen molar-refractivity contribution in [2.24, 2.45) is 0 Å². The molecule has 2 heterocycles. The van der Waals surface area contributed by atoms with Gasteiger partial charge >= 0.3 is 5.97 Å². The molecular formula is C20H29ClN4O4. The lowest BCUT2D eigenvalue weighted by atomic mass is 10.1. The predicted octanol–water partition coefficient (Wildman–Crippen LogP) is 1.65. The number of nitrogens with one attached hydrogen (secondary N) is 1. The number of nitrogens with zero attached hydrogens (tertiary/aromatic N) is 3. The second-order valence-electron chi connectivity index (χ2n) is 7.60. The number of amides is 2. The van der Waals surface area contributed by atoms with Gasteiger partial charge < -0.3 is 10.4 Å². The molecule has 29 heavy (non-hydrogen) atoms. The number of likely N-dealkylation sites (tertiary alicyclic amines) is 1. The van der Waals surface area contributed by atoms with E-state index in [1.54, 1.807) is 11.0 Å². The van der Waals surface area contributed by atoms with Crippen LogP contribution in [-0.2, 0) is 14.4 Å². The fourth-order valence-electron chi connectivity index (χ4n) is 4.08. The zero-order valence-electron chi connectivity index (χ0n) is 16.8. The van der Waals surface area contributed by atoms with Crippen molar-refractivity contribution in [2.45, 2.75) is 38.3 Å². The highest BCUT2D eigenvalue weighted by Crippen LogP contribution is 2.30. The van der Waals surface area contributed by atoms with E-state index in [1.165, 1.54) is 0 Å². The van der Waals surface area contributed by atoms with Gasteiger partial charge in [0.2, 0.25) is 11.8 Å². The summed E-state index contributed by atoms with van der Waals surface area (Å²) in [6.45, 7) is 3.45. The van der Waals surface area contributed by atoms with Gasteiger partial charge in [0.05, 0.1) is 24.0 Å². The number of aliphatic carboxylic acids is 1. The van der Waals surface area contributed by atoms with E-state index in [0.717, 1.165) is 38.0 Å². The topological polar surface area (TPSA) is 93.2 Å². The van der Waals surface area contributed by atoms with Crippen LogP contribution in [0.15, 0.2) is 24.3 Å². The first kappa shape index (κ1) is 23.1. The van der Waals surface area contributed by atoms with Crippen molar-refractivity contribution in [1.82, 2.24) is 9.80 Å². The molecule has 9 heteroatoms. The van der Waals surface area contributed by atoms with E-state index >= 15 is 0 Å². The molecule has 0 spiro atoms. The number of carboxylic acids is 1. The lowest BCUT2D eigenvalue weighted by Crippen LogP contribution is -2.51. The Balaban J connectivity index is 0.00000300. The van der Waals surface area contributed by atoms with Crippen LogP contribution in [0.2, 0.25) is 0 Å². The summed E-state index contributed by atoms with van der Waals surface area (Å²) in [5.74, 6) is -1.10. The van der Waals surface area contributed by atoms with Crippen LogP contribution in [0.25, 0.3) is 0 Å². The first-order chi connectivity index (χ1) is 13.4. The number of halogens is 1. The summed E-state index contributed by atoms with van der Waals surface area (Å²) in [6, 6.07) is 7.19. The van der Waals surface area contributed by atoms with Crippen LogP contribution in [-0.4, -0.2) is 78.0 Å². The summed E-state index contributed by atoms with van der Waals surface area (Å²) in [5.41, 5.74) is 1.39. The van der Waals surface area contributed by atoms with E-state index in [1.807, 2.05) is 37.1 Å². The Morgan fingerprint density at radius 3 is 2.72 bits per heavy atom. The van der Waals surface area contributed by atoms with Gasteiger partial charge in [-0.15, -0.1) is 12.4 Å². The van der Waals surface area contributed by atoms with E-state index in [4.69, 9.17) is 5.11 Å². The van der Waals surface area contributed by atoms with Gasteiger partial charge in [-0.25, -0.2) is 0 Å². The van der Waals surface area contributed by atoms with Crippen LogP contribution < -0.4 is 10.2 Å². The number of para-hydroxylation sites is 2. The van der Waals surface area contributed by atoms with Gasteiger partial charge in [0, 0.05) is 12.6 Å². The number of hydrogen-bond donors (Lipinski definition) is 2. The fraction of sp³-hybridized carbons (Fsp3) is 0.550. The van der Waals surface area contributed by atoms with Crippen LogP contribution in [0.1, 0.15) is 26.2 Å². The Bertz CT molecular complexity index is 760. The summed E-state index contributed by atoms with van der Waals surface area (Å²) in [4.78, 5) is 41.8. The van der Waals surface area contributed by atoms with Crippen molar-refractivity contribution >= 4 is 41.6 Å². The van der Waals surface area contributed by atoms with Gasteiger partial charge in [-0.1, -0.05) is 12.1 Å². The summed E-state index contributed by atoms with van der Waals surface area (Å²) in [5, 5.41) is 11.8. The van der Waals surface area contributed by atoms with Gasteiger partial charge in [0.1, 0.15) is 6.54 Å². The summed E-state index contributed by atoms with van der Waals surface area (Å²) >= 11 is 0. The normalized spacial score (nSPS) is 20.9. The smallest absolute Gasteiger partial charge is 0.317 e. The molecule has 0 radical (unpaired) electrons. The van der Waals surface area contributed by atoms with Crippen molar-refractivity contribution in [1.29, 1.82) is 0 Å². The summed E-state index contributed by atoms with van der Waals surface area (Å²) in [6.07, 6.45) is 2.64. The number of carboxylic acid groups (broad SMARTS) is 1. The number of hydrogen-bond acceptors (Lipinski definition) is 5. The van der Waals surface area contributed by atoms with E-state index < -0.39 is 5.97 Å². The molecule has 2 amide bonds. The third-order valence-electron chi connectivity index (χ3n) is 5.68. The molecule has 8 nitrogen and oxygen atoms in total. The maximum absolute atomic E-state index is 13.2. The monoisotopic (exact) mass is 424 g/mol. The first-order valence-electron chi connectivity index (χ1n) is 9.73. The second-order valence-corrected chi connectivity index (χ2v) is 7.60. The maximum Gasteiger partial charge on any atom is 0.317 e. The molecule has 1 aromatic rings. The molecule has 2 unspecified atom stereocenters. The van der Waals surface area contributed by atoms with Crippen LogP contribution >= 0.6 is 12.4 Å². The number of anilines is 2. The van der Waals surface area contributed by atoms with Gasteiger partial charge in [0.15, 0.2) is 0 Å². The Kier molecular flexibility index (Phi) is 8.01. The number of likely N-dealkylation sites (N-methyl/N-ethyl adjacent to an activating group) is 1. The highest BCUT2D eigenvalue weighted by atomic mass is 35.5. The minimum absolute atomic E-state index is 0. The van der Waals surface area contributed by atoms with Gasteiger partial charge in [0.25, 0.3) is 0 Å². The van der Waals surface area contributed by atoms with Crippen molar-refractivity contribution < 1.29 is 19.5 Å². The molecule has 160 valence electrons. The Morgan fingerprint density at radius 1 is 1.28 bits per heavy atom. The molecule has 0 bridgehead atoms. The lowest BCUT2D eigenvalue weighted by Gasteiger charge is -2.35. The third-order valence-corrected chi connectivity index (χ3v) is 5.68. The Hall–Kier alpha value is -2.16. The number of carbonyl (C=O) groups is 3. The minimum atomic E-state index is -0.825.